The van der Waals surface area contributed by atoms with Gasteiger partial charge in [0.25, 0.3) is 5.91 Å². The maximum absolute atomic E-state index is 13.0. The topological polar surface area (TPSA) is 77.1 Å². The number of para-hydroxylation sites is 2. The van der Waals surface area contributed by atoms with Crippen molar-refractivity contribution < 1.29 is 23.8 Å². The fourth-order valence-corrected chi connectivity index (χ4v) is 3.34. The predicted molar refractivity (Wildman–Crippen MR) is 99.9 cm³/mol. The van der Waals surface area contributed by atoms with Crippen LogP contribution in [0.15, 0.2) is 24.3 Å². The van der Waals surface area contributed by atoms with Crippen LogP contribution in [0.2, 0.25) is 0 Å². The van der Waals surface area contributed by atoms with Crippen LogP contribution in [-0.4, -0.2) is 54.3 Å². The molecule has 1 fully saturated rings. The summed E-state index contributed by atoms with van der Waals surface area (Å²) in [4.78, 5) is 26.8. The minimum Gasteiger partial charge on any atom is -0.485 e. The van der Waals surface area contributed by atoms with Crippen molar-refractivity contribution in [1.82, 2.24) is 10.2 Å². The summed E-state index contributed by atoms with van der Waals surface area (Å²) in [6, 6.07) is 7.27. The van der Waals surface area contributed by atoms with Gasteiger partial charge in [0.1, 0.15) is 12.2 Å². The molecule has 0 saturated carbocycles. The average Bonchev–Trinajstić information content (AvgIpc) is 2.64. The van der Waals surface area contributed by atoms with Gasteiger partial charge in [-0.25, -0.2) is 4.79 Å². The molecule has 1 N–H and O–H groups in total. The molecule has 27 heavy (non-hydrogen) atoms. The summed E-state index contributed by atoms with van der Waals surface area (Å²) in [5.41, 5.74) is -0.549. The molecule has 2 atom stereocenters. The number of amides is 2. The fraction of sp³-hybridized carbons (Fsp3) is 0.600. The molecule has 3 rings (SSSR count). The third-order valence-corrected chi connectivity index (χ3v) is 4.58. The highest BCUT2D eigenvalue weighted by molar-refractivity contribution is 5.82. The van der Waals surface area contributed by atoms with E-state index in [1.807, 2.05) is 43.9 Å². The molecule has 1 saturated heterocycles. The van der Waals surface area contributed by atoms with Crippen LogP contribution < -0.4 is 14.8 Å². The lowest BCUT2D eigenvalue weighted by atomic mass is 10.0. The Labute approximate surface area is 160 Å². The normalized spacial score (nSPS) is 22.1. The number of ether oxygens (including phenoxy) is 3. The van der Waals surface area contributed by atoms with Gasteiger partial charge in [-0.3, -0.25) is 4.79 Å². The van der Waals surface area contributed by atoms with Crippen molar-refractivity contribution in [3.8, 4) is 11.5 Å². The van der Waals surface area contributed by atoms with Crippen LogP contribution in [0.5, 0.6) is 11.5 Å². The van der Waals surface area contributed by atoms with Gasteiger partial charge in [-0.05, 0) is 52.2 Å². The molecule has 0 spiro atoms. The highest BCUT2D eigenvalue weighted by atomic mass is 16.6. The van der Waals surface area contributed by atoms with Gasteiger partial charge in [0.15, 0.2) is 11.5 Å². The van der Waals surface area contributed by atoms with E-state index in [0.717, 1.165) is 19.3 Å². The van der Waals surface area contributed by atoms with Gasteiger partial charge in [0.2, 0.25) is 6.10 Å². The van der Waals surface area contributed by atoms with E-state index in [1.54, 1.807) is 6.07 Å². The fourth-order valence-electron chi connectivity index (χ4n) is 3.34. The van der Waals surface area contributed by atoms with E-state index < -0.39 is 17.8 Å². The number of piperidine rings is 1. The molecule has 7 heteroatoms. The first-order chi connectivity index (χ1) is 12.8. The molecule has 148 valence electrons. The number of carbonyl (C=O) groups excluding carboxylic acids is 2. The van der Waals surface area contributed by atoms with Crippen LogP contribution in [0.1, 0.15) is 40.0 Å². The third-order valence-electron chi connectivity index (χ3n) is 4.58. The van der Waals surface area contributed by atoms with Crippen molar-refractivity contribution in [2.75, 3.05) is 19.7 Å². The molecule has 0 bridgehead atoms. The molecular weight excluding hydrogens is 348 g/mol. The zero-order chi connectivity index (χ0) is 19.4. The second-order valence-electron chi connectivity index (χ2n) is 7.93. The summed E-state index contributed by atoms with van der Waals surface area (Å²) >= 11 is 0. The minimum atomic E-state index is -0.665. The Kier molecular flexibility index (Phi) is 5.77. The standard InChI is InChI=1S/C20H28N2O5/c1-20(2,3)27-19(24)21-12-14-8-6-7-11-22(14)18(23)17-13-25-15-9-4-5-10-16(15)26-17/h4-5,9-10,14,17H,6-8,11-13H2,1-3H3,(H,21,24)/t14-,17+/m0/s1. The Balaban J connectivity index is 1.60. The first-order valence-electron chi connectivity index (χ1n) is 9.49. The van der Waals surface area contributed by atoms with E-state index in [0.29, 0.717) is 24.6 Å². The first kappa shape index (κ1) is 19.3. The number of nitrogens with one attached hydrogen (secondary N) is 1. The zero-order valence-electron chi connectivity index (χ0n) is 16.2. The quantitative estimate of drug-likeness (QED) is 0.878. The van der Waals surface area contributed by atoms with Gasteiger partial charge in [0, 0.05) is 19.1 Å². The number of carbonyl (C=O) groups is 2. The van der Waals surface area contributed by atoms with E-state index >= 15 is 0 Å². The lowest BCUT2D eigenvalue weighted by Crippen LogP contribution is -2.55. The summed E-state index contributed by atoms with van der Waals surface area (Å²) < 4.78 is 16.8. The maximum atomic E-state index is 13.0. The summed E-state index contributed by atoms with van der Waals surface area (Å²) in [6.45, 7) is 6.67. The monoisotopic (exact) mass is 376 g/mol. The summed E-state index contributed by atoms with van der Waals surface area (Å²) in [5.74, 6) is 1.14. The number of rotatable bonds is 3. The van der Waals surface area contributed by atoms with Crippen LogP contribution in [0, 0.1) is 0 Å². The second-order valence-corrected chi connectivity index (χ2v) is 7.93. The molecule has 7 nitrogen and oxygen atoms in total. The van der Waals surface area contributed by atoms with Crippen LogP contribution in [0.3, 0.4) is 0 Å². The predicted octanol–water partition coefficient (Wildman–Crippen LogP) is 2.73. The Morgan fingerprint density at radius 2 is 1.96 bits per heavy atom. The highest BCUT2D eigenvalue weighted by Gasteiger charge is 2.35. The van der Waals surface area contributed by atoms with E-state index in [2.05, 4.69) is 5.32 Å². The number of hydrogen-bond acceptors (Lipinski definition) is 5. The lowest BCUT2D eigenvalue weighted by molar-refractivity contribution is -0.145. The van der Waals surface area contributed by atoms with Gasteiger partial charge in [0.05, 0.1) is 0 Å². The Morgan fingerprint density at radius 1 is 1.22 bits per heavy atom. The third kappa shape index (κ3) is 5.05. The number of alkyl carbamates (subject to hydrolysis) is 1. The molecule has 0 unspecified atom stereocenters. The Hall–Kier alpha value is -2.44. The van der Waals surface area contributed by atoms with Crippen molar-refractivity contribution in [2.24, 2.45) is 0 Å². The molecule has 2 amide bonds. The largest absolute Gasteiger partial charge is 0.485 e. The number of likely N-dealkylation sites (tertiary alicyclic amines) is 1. The number of fused-ring (bicyclic) bond motifs is 1. The van der Waals surface area contributed by atoms with Crippen molar-refractivity contribution in [2.45, 2.75) is 57.8 Å². The van der Waals surface area contributed by atoms with E-state index in [9.17, 15) is 9.59 Å². The maximum Gasteiger partial charge on any atom is 0.407 e. The van der Waals surface area contributed by atoms with Gasteiger partial charge < -0.3 is 24.4 Å². The molecule has 2 heterocycles. The van der Waals surface area contributed by atoms with Crippen LogP contribution in [0.25, 0.3) is 0 Å². The molecular formula is C20H28N2O5. The van der Waals surface area contributed by atoms with Crippen molar-refractivity contribution in [3.05, 3.63) is 24.3 Å². The van der Waals surface area contributed by atoms with Gasteiger partial charge >= 0.3 is 6.09 Å². The molecule has 2 aliphatic rings. The number of benzene rings is 1. The van der Waals surface area contributed by atoms with Crippen LogP contribution in [-0.2, 0) is 9.53 Å². The smallest absolute Gasteiger partial charge is 0.407 e. The second kappa shape index (κ2) is 8.06. The summed E-state index contributed by atoms with van der Waals surface area (Å²) in [5, 5.41) is 2.79. The zero-order valence-corrected chi connectivity index (χ0v) is 16.2. The van der Waals surface area contributed by atoms with Crippen molar-refractivity contribution >= 4 is 12.0 Å². The molecule has 0 aliphatic carbocycles. The molecule has 0 radical (unpaired) electrons. The summed E-state index contributed by atoms with van der Waals surface area (Å²) in [6.07, 6.45) is 1.67. The van der Waals surface area contributed by atoms with Gasteiger partial charge in [-0.15, -0.1) is 0 Å². The van der Waals surface area contributed by atoms with E-state index in [1.165, 1.54) is 0 Å². The minimum absolute atomic E-state index is 0.0699. The molecule has 2 aliphatic heterocycles. The summed E-state index contributed by atoms with van der Waals surface area (Å²) in [7, 11) is 0. The Morgan fingerprint density at radius 3 is 2.70 bits per heavy atom. The van der Waals surface area contributed by atoms with Crippen LogP contribution >= 0.6 is 0 Å². The van der Waals surface area contributed by atoms with Crippen molar-refractivity contribution in [1.29, 1.82) is 0 Å². The molecule has 1 aromatic rings. The molecule has 1 aromatic carbocycles. The number of nitrogens with zero attached hydrogens (tertiary/aromatic N) is 1. The van der Waals surface area contributed by atoms with Gasteiger partial charge in [-0.1, -0.05) is 12.1 Å². The lowest BCUT2D eigenvalue weighted by Gasteiger charge is -2.38. The van der Waals surface area contributed by atoms with E-state index in [-0.39, 0.29) is 18.6 Å². The highest BCUT2D eigenvalue weighted by Crippen LogP contribution is 2.32. The first-order valence-corrected chi connectivity index (χ1v) is 9.49. The Bertz CT molecular complexity index is 685. The number of hydrogen-bond donors (Lipinski definition) is 1. The average molecular weight is 376 g/mol. The van der Waals surface area contributed by atoms with Crippen molar-refractivity contribution in [3.63, 3.8) is 0 Å². The van der Waals surface area contributed by atoms with Gasteiger partial charge in [-0.2, -0.15) is 0 Å². The molecule has 0 aromatic heterocycles. The van der Waals surface area contributed by atoms with E-state index in [4.69, 9.17) is 14.2 Å². The SMILES string of the molecule is CC(C)(C)OC(=O)NC[C@@H]1CCCCN1C(=O)[C@H]1COc2ccccc2O1. The van der Waals surface area contributed by atoms with Crippen LogP contribution in [0.4, 0.5) is 4.79 Å².